The monoisotopic (exact) mass is 371 g/mol. The molecule has 0 saturated heterocycles. The number of amides is 1. The van der Waals surface area contributed by atoms with Crippen molar-refractivity contribution >= 4 is 33.4 Å². The molecule has 3 aromatic carbocycles. The van der Waals surface area contributed by atoms with Gasteiger partial charge in [0.15, 0.2) is 0 Å². The number of benzene rings is 3. The van der Waals surface area contributed by atoms with Crippen molar-refractivity contribution in [2.45, 2.75) is 19.9 Å². The van der Waals surface area contributed by atoms with E-state index in [4.69, 9.17) is 0 Å². The second-order valence-electron chi connectivity index (χ2n) is 6.72. The molecule has 0 bridgehead atoms. The molecule has 0 aliphatic carbocycles. The SMILES string of the molecule is C/C(=N/NC(=O)CCn1c2ccccc2c2ccccc21)c1ccc(O)cc1. The molecule has 5 heteroatoms. The first-order valence-corrected chi connectivity index (χ1v) is 9.22. The second kappa shape index (κ2) is 7.56. The number of nitrogens with zero attached hydrogens (tertiary/aromatic N) is 2. The summed E-state index contributed by atoms with van der Waals surface area (Å²) in [6, 6.07) is 23.2. The van der Waals surface area contributed by atoms with Crippen LogP contribution < -0.4 is 5.43 Å². The van der Waals surface area contributed by atoms with Gasteiger partial charge in [0.2, 0.25) is 5.91 Å². The fourth-order valence-electron chi connectivity index (χ4n) is 3.43. The average molecular weight is 371 g/mol. The van der Waals surface area contributed by atoms with Gasteiger partial charge in [0, 0.05) is 34.8 Å². The number of carbonyl (C=O) groups excluding carboxylic acids is 1. The van der Waals surface area contributed by atoms with E-state index in [1.807, 2.05) is 31.2 Å². The van der Waals surface area contributed by atoms with E-state index in [-0.39, 0.29) is 11.7 Å². The molecule has 0 fully saturated rings. The Morgan fingerprint density at radius 2 is 1.50 bits per heavy atom. The second-order valence-corrected chi connectivity index (χ2v) is 6.72. The molecule has 0 spiro atoms. The van der Waals surface area contributed by atoms with E-state index in [1.165, 1.54) is 10.8 Å². The summed E-state index contributed by atoms with van der Waals surface area (Å²) in [6.07, 6.45) is 0.328. The molecule has 1 amide bonds. The lowest BCUT2D eigenvalue weighted by molar-refractivity contribution is -0.121. The molecular weight excluding hydrogens is 350 g/mol. The Morgan fingerprint density at radius 1 is 0.929 bits per heavy atom. The van der Waals surface area contributed by atoms with E-state index in [9.17, 15) is 9.90 Å². The lowest BCUT2D eigenvalue weighted by Crippen LogP contribution is -2.20. The van der Waals surface area contributed by atoms with Gasteiger partial charge in [0.25, 0.3) is 0 Å². The highest BCUT2D eigenvalue weighted by atomic mass is 16.3. The fourth-order valence-corrected chi connectivity index (χ4v) is 3.43. The summed E-state index contributed by atoms with van der Waals surface area (Å²) in [6.45, 7) is 2.40. The summed E-state index contributed by atoms with van der Waals surface area (Å²) >= 11 is 0. The highest BCUT2D eigenvalue weighted by molar-refractivity contribution is 6.08. The number of phenolic OH excluding ortho intramolecular Hbond substituents is 1. The van der Waals surface area contributed by atoms with Crippen molar-refractivity contribution in [2.75, 3.05) is 0 Å². The number of aromatic nitrogens is 1. The van der Waals surface area contributed by atoms with Crippen LogP contribution in [0.1, 0.15) is 18.9 Å². The maximum Gasteiger partial charge on any atom is 0.241 e. The predicted molar refractivity (Wildman–Crippen MR) is 113 cm³/mol. The fraction of sp³-hybridized carbons (Fsp3) is 0.130. The van der Waals surface area contributed by atoms with Gasteiger partial charge in [0.1, 0.15) is 5.75 Å². The van der Waals surface area contributed by atoms with Crippen molar-refractivity contribution < 1.29 is 9.90 Å². The smallest absolute Gasteiger partial charge is 0.241 e. The molecule has 1 aromatic heterocycles. The number of phenols is 1. The Morgan fingerprint density at radius 3 is 2.11 bits per heavy atom. The van der Waals surface area contributed by atoms with Gasteiger partial charge in [0.05, 0.1) is 5.71 Å². The Balaban J connectivity index is 1.49. The number of carbonyl (C=O) groups is 1. The molecule has 4 aromatic rings. The van der Waals surface area contributed by atoms with Gasteiger partial charge in [-0.1, -0.05) is 36.4 Å². The summed E-state index contributed by atoms with van der Waals surface area (Å²) < 4.78 is 2.18. The zero-order chi connectivity index (χ0) is 19.5. The average Bonchev–Trinajstić information content (AvgIpc) is 3.05. The number of fused-ring (bicyclic) bond motifs is 3. The molecule has 5 nitrogen and oxygen atoms in total. The van der Waals surface area contributed by atoms with Crippen LogP contribution >= 0.6 is 0 Å². The van der Waals surface area contributed by atoms with E-state index in [1.54, 1.807) is 24.3 Å². The standard InChI is InChI=1S/C23H21N3O2/c1-16(17-10-12-18(27)13-11-17)24-25-23(28)14-15-26-21-8-4-2-6-19(21)20-7-3-5-9-22(20)26/h2-13,27H,14-15H2,1H3,(H,25,28)/b24-16-. The Kier molecular flexibility index (Phi) is 4.81. The van der Waals surface area contributed by atoms with Gasteiger partial charge in [-0.2, -0.15) is 5.10 Å². The zero-order valence-electron chi connectivity index (χ0n) is 15.6. The van der Waals surface area contributed by atoms with Gasteiger partial charge in [-0.05, 0) is 48.9 Å². The van der Waals surface area contributed by atoms with Gasteiger partial charge in [-0.3, -0.25) is 4.79 Å². The minimum atomic E-state index is -0.139. The number of hydrogen-bond donors (Lipinski definition) is 2. The predicted octanol–water partition coefficient (Wildman–Crippen LogP) is 4.43. The summed E-state index contributed by atoms with van der Waals surface area (Å²) in [5.41, 5.74) is 6.41. The molecule has 0 unspecified atom stereocenters. The van der Waals surface area contributed by atoms with Crippen molar-refractivity contribution in [3.05, 3.63) is 78.4 Å². The number of hydrogen-bond acceptors (Lipinski definition) is 3. The lowest BCUT2D eigenvalue weighted by Gasteiger charge is -2.07. The highest BCUT2D eigenvalue weighted by Gasteiger charge is 2.11. The Hall–Kier alpha value is -3.60. The summed E-state index contributed by atoms with van der Waals surface area (Å²) in [5, 5.41) is 15.9. The minimum absolute atomic E-state index is 0.139. The van der Waals surface area contributed by atoms with E-state index in [0.717, 1.165) is 16.6 Å². The minimum Gasteiger partial charge on any atom is -0.508 e. The molecular formula is C23H21N3O2. The topological polar surface area (TPSA) is 66.6 Å². The van der Waals surface area contributed by atoms with Crippen LogP contribution in [0.5, 0.6) is 5.75 Å². The third-order valence-corrected chi connectivity index (χ3v) is 4.88. The summed E-state index contributed by atoms with van der Waals surface area (Å²) in [7, 11) is 0. The third kappa shape index (κ3) is 3.47. The first kappa shape index (κ1) is 17.8. The van der Waals surface area contributed by atoms with E-state index in [0.29, 0.717) is 18.7 Å². The van der Waals surface area contributed by atoms with E-state index >= 15 is 0 Å². The molecule has 0 aliphatic rings. The third-order valence-electron chi connectivity index (χ3n) is 4.88. The van der Waals surface area contributed by atoms with Crippen LogP contribution in [0.4, 0.5) is 0 Å². The Labute approximate surface area is 162 Å². The van der Waals surface area contributed by atoms with Crippen molar-refractivity contribution in [3.8, 4) is 5.75 Å². The van der Waals surface area contributed by atoms with Crippen LogP contribution in [0.15, 0.2) is 77.9 Å². The van der Waals surface area contributed by atoms with Crippen LogP contribution in [0.2, 0.25) is 0 Å². The van der Waals surface area contributed by atoms with E-state index < -0.39 is 0 Å². The molecule has 0 radical (unpaired) electrons. The van der Waals surface area contributed by atoms with Crippen molar-refractivity contribution in [3.63, 3.8) is 0 Å². The maximum absolute atomic E-state index is 12.3. The molecule has 0 aliphatic heterocycles. The van der Waals surface area contributed by atoms with Crippen LogP contribution in [-0.4, -0.2) is 21.3 Å². The molecule has 0 saturated carbocycles. The van der Waals surface area contributed by atoms with Crippen LogP contribution in [0.3, 0.4) is 0 Å². The van der Waals surface area contributed by atoms with Gasteiger partial charge < -0.3 is 9.67 Å². The number of rotatable bonds is 5. The summed E-state index contributed by atoms with van der Waals surface area (Å²) in [4.78, 5) is 12.3. The van der Waals surface area contributed by atoms with E-state index in [2.05, 4.69) is 39.4 Å². The highest BCUT2D eigenvalue weighted by Crippen LogP contribution is 2.28. The number of nitrogens with one attached hydrogen (secondary N) is 1. The van der Waals surface area contributed by atoms with Crippen LogP contribution in [0, 0.1) is 0 Å². The Bertz CT molecular complexity index is 1120. The molecule has 28 heavy (non-hydrogen) atoms. The molecule has 140 valence electrons. The first-order chi connectivity index (χ1) is 13.6. The van der Waals surface area contributed by atoms with Gasteiger partial charge >= 0.3 is 0 Å². The quantitative estimate of drug-likeness (QED) is 0.403. The number of aryl methyl sites for hydroxylation is 1. The largest absolute Gasteiger partial charge is 0.508 e. The molecule has 4 rings (SSSR count). The normalized spacial score (nSPS) is 11.8. The van der Waals surface area contributed by atoms with Crippen molar-refractivity contribution in [1.29, 1.82) is 0 Å². The maximum atomic E-state index is 12.3. The molecule has 1 heterocycles. The van der Waals surface area contributed by atoms with Crippen LogP contribution in [-0.2, 0) is 11.3 Å². The zero-order valence-corrected chi connectivity index (χ0v) is 15.6. The number of aromatic hydroxyl groups is 1. The number of para-hydroxylation sites is 2. The lowest BCUT2D eigenvalue weighted by atomic mass is 10.1. The molecule has 2 N–H and O–H groups in total. The molecule has 0 atom stereocenters. The number of hydrazone groups is 1. The van der Waals surface area contributed by atoms with Crippen molar-refractivity contribution in [2.24, 2.45) is 5.10 Å². The van der Waals surface area contributed by atoms with Gasteiger partial charge in [-0.25, -0.2) is 5.43 Å². The summed E-state index contributed by atoms with van der Waals surface area (Å²) in [5.74, 6) is 0.0618. The van der Waals surface area contributed by atoms with Crippen molar-refractivity contribution in [1.82, 2.24) is 9.99 Å². The van der Waals surface area contributed by atoms with Gasteiger partial charge in [-0.15, -0.1) is 0 Å². The van der Waals surface area contributed by atoms with Crippen LogP contribution in [0.25, 0.3) is 21.8 Å². The first-order valence-electron chi connectivity index (χ1n) is 9.22.